The van der Waals surface area contributed by atoms with Crippen LogP contribution in [0.5, 0.6) is 0 Å². The fraction of sp³-hybridized carbons (Fsp3) is 0.200. The van der Waals surface area contributed by atoms with Crippen LogP contribution in [0.4, 0.5) is 5.69 Å². The average molecular weight is 510 g/mol. The molecule has 6 rings (SSSR count). The maximum absolute atomic E-state index is 13.6. The third kappa shape index (κ3) is 3.16. The summed E-state index contributed by atoms with van der Waals surface area (Å²) in [5.74, 6) is -0.981. The topological polar surface area (TPSA) is 37.4 Å². The lowest BCUT2D eigenvalue weighted by molar-refractivity contribution is -0.122. The van der Waals surface area contributed by atoms with Crippen LogP contribution in [0.15, 0.2) is 95.0 Å². The molecule has 0 radical (unpaired) electrons. The molecule has 34 heavy (non-hydrogen) atoms. The van der Waals surface area contributed by atoms with Crippen molar-refractivity contribution in [2.75, 3.05) is 4.90 Å². The first kappa shape index (κ1) is 21.3. The number of hydrogen-bond acceptors (Lipinski definition) is 2. The zero-order valence-electron chi connectivity index (χ0n) is 19.0. The monoisotopic (exact) mass is 509 g/mol. The highest BCUT2D eigenvalue weighted by Crippen LogP contribution is 2.58. The number of aryl methyl sites for hydroxylation is 2. The van der Waals surface area contributed by atoms with E-state index in [-0.39, 0.29) is 35.5 Å². The van der Waals surface area contributed by atoms with Crippen molar-refractivity contribution in [1.82, 2.24) is 0 Å². The fourth-order valence-corrected chi connectivity index (χ4v) is 6.15. The number of carbonyl (C=O) groups excluding carboxylic acids is 2. The molecule has 4 heteroatoms. The van der Waals surface area contributed by atoms with Gasteiger partial charge in [-0.1, -0.05) is 87.7 Å². The molecular weight excluding hydrogens is 486 g/mol. The van der Waals surface area contributed by atoms with E-state index in [0.717, 1.165) is 21.2 Å². The van der Waals surface area contributed by atoms with E-state index in [1.807, 2.05) is 24.3 Å². The number of amides is 2. The second kappa shape index (κ2) is 7.92. The van der Waals surface area contributed by atoms with Crippen LogP contribution in [0.25, 0.3) is 5.57 Å². The van der Waals surface area contributed by atoms with Gasteiger partial charge in [-0.2, -0.15) is 0 Å². The lowest BCUT2D eigenvalue weighted by Gasteiger charge is -2.22. The predicted octanol–water partition coefficient (Wildman–Crippen LogP) is 6.49. The van der Waals surface area contributed by atoms with E-state index in [9.17, 15) is 9.59 Å². The number of rotatable bonds is 3. The van der Waals surface area contributed by atoms with E-state index in [1.165, 1.54) is 21.6 Å². The minimum atomic E-state index is -0.341. The van der Waals surface area contributed by atoms with Gasteiger partial charge in [0.1, 0.15) is 0 Å². The van der Waals surface area contributed by atoms with E-state index in [4.69, 9.17) is 0 Å². The Kier molecular flexibility index (Phi) is 4.96. The Balaban J connectivity index is 1.48. The molecule has 3 nitrogen and oxygen atoms in total. The first-order valence-corrected chi connectivity index (χ1v) is 12.4. The van der Waals surface area contributed by atoms with Gasteiger partial charge >= 0.3 is 0 Å². The van der Waals surface area contributed by atoms with Gasteiger partial charge in [0, 0.05) is 16.3 Å². The molecule has 2 fully saturated rings. The smallest absolute Gasteiger partial charge is 0.238 e. The molecule has 1 saturated carbocycles. The van der Waals surface area contributed by atoms with E-state index in [0.29, 0.717) is 5.69 Å². The lowest BCUT2D eigenvalue weighted by Crippen LogP contribution is -2.33. The van der Waals surface area contributed by atoms with E-state index in [2.05, 4.69) is 90.5 Å². The second-order valence-corrected chi connectivity index (χ2v) is 10.5. The summed E-state index contributed by atoms with van der Waals surface area (Å²) >= 11 is 3.43. The number of nitrogens with zero attached hydrogens (tertiary/aromatic N) is 1. The molecule has 1 saturated heterocycles. The fourth-order valence-electron chi connectivity index (χ4n) is 5.88. The summed E-state index contributed by atoms with van der Waals surface area (Å²) < 4.78 is 0.920. The molecule has 168 valence electrons. The molecule has 0 spiro atoms. The summed E-state index contributed by atoms with van der Waals surface area (Å²) in [5, 5.41) is 0. The Morgan fingerprint density at radius 1 is 0.676 bits per heavy atom. The molecule has 0 unspecified atom stereocenters. The average Bonchev–Trinajstić information content (AvgIpc) is 3.47. The van der Waals surface area contributed by atoms with Gasteiger partial charge in [0.25, 0.3) is 0 Å². The van der Waals surface area contributed by atoms with Gasteiger partial charge in [-0.3, -0.25) is 9.59 Å². The Morgan fingerprint density at radius 2 is 1.12 bits per heavy atom. The molecule has 2 bridgehead atoms. The van der Waals surface area contributed by atoms with Crippen molar-refractivity contribution >= 4 is 39.0 Å². The normalized spacial score (nSPS) is 24.8. The molecule has 4 atom stereocenters. The van der Waals surface area contributed by atoms with Crippen molar-refractivity contribution in [3.05, 3.63) is 117 Å². The van der Waals surface area contributed by atoms with Crippen LogP contribution in [0.3, 0.4) is 0 Å². The van der Waals surface area contributed by atoms with E-state index < -0.39 is 0 Å². The molecule has 2 aliphatic carbocycles. The van der Waals surface area contributed by atoms with E-state index >= 15 is 0 Å². The van der Waals surface area contributed by atoms with Crippen LogP contribution in [0.1, 0.15) is 22.3 Å². The summed E-state index contributed by atoms with van der Waals surface area (Å²) in [6.45, 7) is 4.17. The summed E-state index contributed by atoms with van der Waals surface area (Å²) in [6.07, 6.45) is 4.31. The van der Waals surface area contributed by atoms with Crippen LogP contribution in [-0.4, -0.2) is 11.8 Å². The Bertz CT molecular complexity index is 1290. The summed E-state index contributed by atoms with van der Waals surface area (Å²) in [6, 6.07) is 24.5. The maximum atomic E-state index is 13.6. The predicted molar refractivity (Wildman–Crippen MR) is 138 cm³/mol. The number of imide groups is 1. The molecular formula is C30H24BrNO2. The maximum Gasteiger partial charge on any atom is 0.238 e. The number of halogens is 1. The standard InChI is InChI=1S/C30H24BrNO2/c1-17-3-7-19(8-4-17)25(20-9-5-18(2)6-10-20)26-23-15-16-24(26)28-27(23)29(33)32(30(28)34)22-13-11-21(31)12-14-22/h3-16,23-24,27-28H,1-2H3/t23-,24-,27+,28+/m1/s1. The number of carbonyl (C=O) groups is 2. The molecule has 2 amide bonds. The zero-order chi connectivity index (χ0) is 23.6. The van der Waals surface area contributed by atoms with Gasteiger partial charge in [-0.05, 0) is 60.4 Å². The van der Waals surface area contributed by atoms with Gasteiger partial charge < -0.3 is 0 Å². The number of hydrogen-bond donors (Lipinski definition) is 0. The summed E-state index contributed by atoms with van der Waals surface area (Å²) in [4.78, 5) is 28.7. The first-order valence-electron chi connectivity index (χ1n) is 11.6. The van der Waals surface area contributed by atoms with Gasteiger partial charge in [0.15, 0.2) is 0 Å². The second-order valence-electron chi connectivity index (χ2n) is 9.54. The summed E-state index contributed by atoms with van der Waals surface area (Å²) in [5.41, 5.74) is 7.69. The number of anilines is 1. The van der Waals surface area contributed by atoms with Crippen molar-refractivity contribution in [2.24, 2.45) is 23.7 Å². The van der Waals surface area contributed by atoms with Gasteiger partial charge in [0.05, 0.1) is 17.5 Å². The SMILES string of the molecule is Cc1ccc(C(=C2[C@H]3C=C[C@H]2[C@@H]2C(=O)N(c4ccc(Br)cc4)C(=O)[C@H]23)c2ccc(C)cc2)cc1. The van der Waals surface area contributed by atoms with E-state index in [1.54, 1.807) is 0 Å². The van der Waals surface area contributed by atoms with Crippen molar-refractivity contribution in [3.63, 3.8) is 0 Å². The van der Waals surface area contributed by atoms with Gasteiger partial charge in [-0.25, -0.2) is 4.90 Å². The minimum absolute atomic E-state index is 0.0653. The quantitative estimate of drug-likeness (QED) is 0.299. The largest absolute Gasteiger partial charge is 0.274 e. The van der Waals surface area contributed by atoms with Crippen molar-refractivity contribution in [1.29, 1.82) is 0 Å². The zero-order valence-corrected chi connectivity index (χ0v) is 20.6. The molecule has 1 heterocycles. The Morgan fingerprint density at radius 3 is 1.56 bits per heavy atom. The van der Waals surface area contributed by atoms with Crippen LogP contribution in [0.2, 0.25) is 0 Å². The molecule has 3 aromatic carbocycles. The van der Waals surface area contributed by atoms with Crippen LogP contribution >= 0.6 is 15.9 Å². The van der Waals surface area contributed by atoms with Crippen LogP contribution < -0.4 is 4.90 Å². The Hall–Kier alpha value is -3.24. The third-order valence-corrected chi connectivity index (χ3v) is 8.00. The third-order valence-electron chi connectivity index (χ3n) is 7.47. The van der Waals surface area contributed by atoms with Crippen LogP contribution in [-0.2, 0) is 9.59 Å². The van der Waals surface area contributed by atoms with Gasteiger partial charge in [-0.15, -0.1) is 0 Å². The van der Waals surface area contributed by atoms with Crippen molar-refractivity contribution < 1.29 is 9.59 Å². The highest BCUT2D eigenvalue weighted by molar-refractivity contribution is 9.10. The number of fused-ring (bicyclic) bond motifs is 5. The van der Waals surface area contributed by atoms with Crippen LogP contribution in [0, 0.1) is 37.5 Å². The first-order chi connectivity index (χ1) is 16.4. The van der Waals surface area contributed by atoms with Crippen molar-refractivity contribution in [2.45, 2.75) is 13.8 Å². The molecule has 3 aliphatic rings. The van der Waals surface area contributed by atoms with Crippen molar-refractivity contribution in [3.8, 4) is 0 Å². The number of allylic oxidation sites excluding steroid dienone is 3. The number of benzene rings is 3. The summed E-state index contributed by atoms with van der Waals surface area (Å²) in [7, 11) is 0. The molecule has 3 aromatic rings. The molecule has 1 aliphatic heterocycles. The molecule has 0 aromatic heterocycles. The van der Waals surface area contributed by atoms with Gasteiger partial charge in [0.2, 0.25) is 11.8 Å². The lowest BCUT2D eigenvalue weighted by atomic mass is 9.85. The Labute approximate surface area is 207 Å². The highest BCUT2D eigenvalue weighted by atomic mass is 79.9. The highest BCUT2D eigenvalue weighted by Gasteiger charge is 2.62. The molecule has 0 N–H and O–H groups in total. The minimum Gasteiger partial charge on any atom is -0.274 e.